The molecular formula is C10H15N3O4. The second kappa shape index (κ2) is 4.08. The van der Waals surface area contributed by atoms with Gasteiger partial charge in [0.15, 0.2) is 0 Å². The van der Waals surface area contributed by atoms with E-state index in [1.54, 1.807) is 0 Å². The molecule has 1 heterocycles. The Bertz CT molecular complexity index is 512. The smallest absolute Gasteiger partial charge is 0.329 e. The highest BCUT2D eigenvalue weighted by molar-refractivity contribution is 5.97. The number of aromatic nitrogens is 2. The molecule has 0 aliphatic heterocycles. The van der Waals surface area contributed by atoms with Gasteiger partial charge in [-0.3, -0.25) is 14.3 Å². The average Bonchev–Trinajstić information content (AvgIpc) is 2.57. The SMILES string of the molecule is CN(C(=O)c1c[nH]n(C)c1=O)C(C)(C)C(=O)O. The van der Waals surface area contributed by atoms with Crippen LogP contribution in [0.4, 0.5) is 0 Å². The topological polar surface area (TPSA) is 95.4 Å². The minimum absolute atomic E-state index is 0.0793. The Morgan fingerprint density at radius 3 is 2.35 bits per heavy atom. The molecule has 0 saturated heterocycles. The molecule has 0 atom stereocenters. The number of rotatable bonds is 3. The summed E-state index contributed by atoms with van der Waals surface area (Å²) in [5.74, 6) is -1.76. The molecule has 0 radical (unpaired) electrons. The number of hydrogen-bond donors (Lipinski definition) is 2. The van der Waals surface area contributed by atoms with E-state index in [4.69, 9.17) is 5.11 Å². The Morgan fingerprint density at radius 2 is 2.00 bits per heavy atom. The second-order valence-corrected chi connectivity index (χ2v) is 4.28. The Kier molecular flexibility index (Phi) is 3.12. The number of H-pyrrole nitrogens is 1. The maximum absolute atomic E-state index is 12.0. The number of hydrogen-bond acceptors (Lipinski definition) is 3. The molecule has 94 valence electrons. The summed E-state index contributed by atoms with van der Waals surface area (Å²) in [7, 11) is 2.82. The molecule has 0 fully saturated rings. The number of nitrogens with zero attached hydrogens (tertiary/aromatic N) is 2. The quantitative estimate of drug-likeness (QED) is 0.756. The van der Waals surface area contributed by atoms with Crippen LogP contribution in [-0.2, 0) is 11.8 Å². The first-order valence-corrected chi connectivity index (χ1v) is 4.95. The fourth-order valence-corrected chi connectivity index (χ4v) is 1.19. The van der Waals surface area contributed by atoms with Gasteiger partial charge in [-0.15, -0.1) is 0 Å². The minimum Gasteiger partial charge on any atom is -0.480 e. The Balaban J connectivity index is 3.11. The zero-order valence-electron chi connectivity index (χ0n) is 10.1. The van der Waals surface area contributed by atoms with E-state index in [9.17, 15) is 14.4 Å². The van der Waals surface area contributed by atoms with Crippen LogP contribution < -0.4 is 5.56 Å². The summed E-state index contributed by atoms with van der Waals surface area (Å²) in [6.45, 7) is 2.79. The average molecular weight is 241 g/mol. The highest BCUT2D eigenvalue weighted by atomic mass is 16.4. The molecule has 0 unspecified atom stereocenters. The van der Waals surface area contributed by atoms with Gasteiger partial charge in [0, 0.05) is 20.3 Å². The van der Waals surface area contributed by atoms with Crippen LogP contribution in [0.1, 0.15) is 24.2 Å². The number of likely N-dealkylation sites (N-methyl/N-ethyl adjacent to an activating group) is 1. The predicted molar refractivity (Wildman–Crippen MR) is 59.8 cm³/mol. The van der Waals surface area contributed by atoms with E-state index in [-0.39, 0.29) is 5.56 Å². The van der Waals surface area contributed by atoms with Gasteiger partial charge in [0.1, 0.15) is 11.1 Å². The zero-order chi connectivity index (χ0) is 13.4. The molecule has 0 saturated carbocycles. The molecule has 0 bridgehead atoms. The summed E-state index contributed by atoms with van der Waals surface area (Å²) in [5.41, 5.74) is -1.94. The molecule has 0 spiro atoms. The summed E-state index contributed by atoms with van der Waals surface area (Å²) in [4.78, 5) is 35.5. The molecule has 7 heteroatoms. The number of carbonyl (C=O) groups excluding carboxylic acids is 1. The zero-order valence-corrected chi connectivity index (χ0v) is 10.1. The number of nitrogens with one attached hydrogen (secondary N) is 1. The van der Waals surface area contributed by atoms with Gasteiger partial charge in [-0.25, -0.2) is 4.79 Å². The highest BCUT2D eigenvalue weighted by Gasteiger charge is 2.36. The van der Waals surface area contributed by atoms with Gasteiger partial charge in [0.05, 0.1) is 0 Å². The van der Waals surface area contributed by atoms with Gasteiger partial charge in [-0.2, -0.15) is 0 Å². The number of carboxylic acids is 1. The Morgan fingerprint density at radius 1 is 1.47 bits per heavy atom. The van der Waals surface area contributed by atoms with Gasteiger partial charge in [0.25, 0.3) is 11.5 Å². The molecule has 0 aliphatic rings. The third kappa shape index (κ3) is 2.08. The van der Waals surface area contributed by atoms with Crippen LogP contribution >= 0.6 is 0 Å². The first-order valence-electron chi connectivity index (χ1n) is 4.95. The number of aryl methyl sites for hydroxylation is 1. The summed E-state index contributed by atoms with van der Waals surface area (Å²) < 4.78 is 1.15. The molecular weight excluding hydrogens is 226 g/mol. The van der Waals surface area contributed by atoms with E-state index in [1.165, 1.54) is 34.1 Å². The lowest BCUT2D eigenvalue weighted by Gasteiger charge is -2.30. The minimum atomic E-state index is -1.38. The van der Waals surface area contributed by atoms with Crippen LogP contribution in [-0.4, -0.2) is 44.3 Å². The van der Waals surface area contributed by atoms with Crippen LogP contribution in [0.15, 0.2) is 11.0 Å². The third-order valence-electron chi connectivity index (χ3n) is 2.83. The van der Waals surface area contributed by atoms with Crippen molar-refractivity contribution >= 4 is 11.9 Å². The monoisotopic (exact) mass is 241 g/mol. The van der Waals surface area contributed by atoms with Crippen molar-refractivity contribution in [3.05, 3.63) is 22.1 Å². The Hall–Kier alpha value is -2.05. The fraction of sp³-hybridized carbons (Fsp3) is 0.500. The lowest BCUT2D eigenvalue weighted by atomic mass is 10.0. The van der Waals surface area contributed by atoms with Crippen LogP contribution in [0.5, 0.6) is 0 Å². The number of amides is 1. The van der Waals surface area contributed by atoms with E-state index >= 15 is 0 Å². The van der Waals surface area contributed by atoms with Gasteiger partial charge < -0.3 is 15.1 Å². The molecule has 17 heavy (non-hydrogen) atoms. The van der Waals surface area contributed by atoms with E-state index in [2.05, 4.69) is 5.10 Å². The largest absolute Gasteiger partial charge is 0.480 e. The van der Waals surface area contributed by atoms with Crippen molar-refractivity contribution in [1.82, 2.24) is 14.7 Å². The summed E-state index contributed by atoms with van der Waals surface area (Å²) in [6, 6.07) is 0. The molecule has 0 aliphatic carbocycles. The van der Waals surface area contributed by atoms with Crippen molar-refractivity contribution in [2.45, 2.75) is 19.4 Å². The van der Waals surface area contributed by atoms with E-state index in [0.717, 1.165) is 9.58 Å². The van der Waals surface area contributed by atoms with Gasteiger partial charge in [0.2, 0.25) is 0 Å². The lowest BCUT2D eigenvalue weighted by Crippen LogP contribution is -2.51. The summed E-state index contributed by atoms with van der Waals surface area (Å²) in [6.07, 6.45) is 1.26. The van der Waals surface area contributed by atoms with E-state index in [1.807, 2.05) is 0 Å². The van der Waals surface area contributed by atoms with Crippen molar-refractivity contribution < 1.29 is 14.7 Å². The first kappa shape index (κ1) is 13.0. The third-order valence-corrected chi connectivity index (χ3v) is 2.83. The molecule has 1 rings (SSSR count). The molecule has 2 N–H and O–H groups in total. The standard InChI is InChI=1S/C10H15N3O4/c1-10(2,9(16)17)12(3)7(14)6-5-11-13(4)8(6)15/h5,11H,1-4H3,(H,16,17). The van der Waals surface area contributed by atoms with Crippen molar-refractivity contribution in [1.29, 1.82) is 0 Å². The van der Waals surface area contributed by atoms with Crippen molar-refractivity contribution in [2.75, 3.05) is 7.05 Å². The molecule has 1 aromatic rings. The van der Waals surface area contributed by atoms with Crippen LogP contribution in [0, 0.1) is 0 Å². The van der Waals surface area contributed by atoms with Gasteiger partial charge in [-0.05, 0) is 13.8 Å². The maximum Gasteiger partial charge on any atom is 0.329 e. The van der Waals surface area contributed by atoms with E-state index in [0.29, 0.717) is 0 Å². The number of carbonyl (C=O) groups is 2. The normalized spacial score (nSPS) is 11.3. The van der Waals surface area contributed by atoms with Crippen molar-refractivity contribution in [3.63, 3.8) is 0 Å². The molecule has 1 aromatic heterocycles. The number of aliphatic carboxylic acids is 1. The fourth-order valence-electron chi connectivity index (χ4n) is 1.19. The number of aromatic amines is 1. The van der Waals surface area contributed by atoms with E-state index < -0.39 is 23.0 Å². The maximum atomic E-state index is 12.0. The summed E-state index contributed by atoms with van der Waals surface area (Å²) >= 11 is 0. The predicted octanol–water partition coefficient (Wildman–Crippen LogP) is -0.351. The molecule has 0 aromatic carbocycles. The van der Waals surface area contributed by atoms with Gasteiger partial charge >= 0.3 is 5.97 Å². The highest BCUT2D eigenvalue weighted by Crippen LogP contribution is 2.14. The molecule has 1 amide bonds. The van der Waals surface area contributed by atoms with Crippen LogP contribution in [0.25, 0.3) is 0 Å². The number of carboxylic acid groups (broad SMARTS) is 1. The Labute approximate surface area is 97.6 Å². The van der Waals surface area contributed by atoms with Crippen molar-refractivity contribution in [3.8, 4) is 0 Å². The lowest BCUT2D eigenvalue weighted by molar-refractivity contribution is -0.147. The molecule has 7 nitrogen and oxygen atoms in total. The van der Waals surface area contributed by atoms with Crippen LogP contribution in [0.2, 0.25) is 0 Å². The second-order valence-electron chi connectivity index (χ2n) is 4.28. The first-order chi connectivity index (χ1) is 7.69. The summed E-state index contributed by atoms with van der Waals surface area (Å²) in [5, 5.41) is 11.6. The van der Waals surface area contributed by atoms with Crippen LogP contribution in [0.3, 0.4) is 0 Å². The van der Waals surface area contributed by atoms with Crippen molar-refractivity contribution in [2.24, 2.45) is 7.05 Å². The van der Waals surface area contributed by atoms with Gasteiger partial charge in [-0.1, -0.05) is 0 Å².